The number of hydrogen-bond donors (Lipinski definition) is 1. The summed E-state index contributed by atoms with van der Waals surface area (Å²) in [5.41, 5.74) is 1.88. The van der Waals surface area contributed by atoms with E-state index in [2.05, 4.69) is 10.4 Å². The van der Waals surface area contributed by atoms with Crippen molar-refractivity contribution in [3.63, 3.8) is 0 Å². The third kappa shape index (κ3) is 3.26. The number of carbonyl (C=O) groups excluding carboxylic acids is 2. The third-order valence-corrected chi connectivity index (χ3v) is 3.87. The fourth-order valence-electron chi connectivity index (χ4n) is 2.75. The predicted octanol–water partition coefficient (Wildman–Crippen LogP) is 1.68. The zero-order valence-electron chi connectivity index (χ0n) is 13.2. The first-order chi connectivity index (χ1) is 11.2. The lowest BCUT2D eigenvalue weighted by Crippen LogP contribution is -2.30. The number of nitrogens with one attached hydrogen (secondary N) is 1. The van der Waals surface area contributed by atoms with Crippen LogP contribution in [0.15, 0.2) is 36.4 Å². The molecule has 2 amide bonds. The molecule has 1 aliphatic heterocycles. The van der Waals surface area contributed by atoms with Gasteiger partial charge in [0.25, 0.3) is 11.8 Å². The van der Waals surface area contributed by atoms with E-state index in [-0.39, 0.29) is 11.8 Å². The van der Waals surface area contributed by atoms with Crippen molar-refractivity contribution < 1.29 is 9.59 Å². The molecule has 2 aromatic rings. The van der Waals surface area contributed by atoms with Crippen LogP contribution in [0.5, 0.6) is 0 Å². The average molecular weight is 312 g/mol. The minimum absolute atomic E-state index is 0.0746. The second-order valence-corrected chi connectivity index (χ2v) is 5.56. The van der Waals surface area contributed by atoms with Gasteiger partial charge in [-0.1, -0.05) is 30.3 Å². The van der Waals surface area contributed by atoms with Crippen molar-refractivity contribution in [2.75, 3.05) is 13.1 Å². The molecule has 6 heteroatoms. The summed E-state index contributed by atoms with van der Waals surface area (Å²) in [6, 6.07) is 11.5. The van der Waals surface area contributed by atoms with E-state index in [1.54, 1.807) is 10.7 Å². The number of nitrogens with zero attached hydrogens (tertiary/aromatic N) is 3. The van der Waals surface area contributed by atoms with Gasteiger partial charge in [-0.15, -0.1) is 0 Å². The summed E-state index contributed by atoms with van der Waals surface area (Å²) < 4.78 is 1.65. The lowest BCUT2D eigenvalue weighted by molar-refractivity contribution is 0.0745. The summed E-state index contributed by atoms with van der Waals surface area (Å²) in [4.78, 5) is 26.5. The Morgan fingerprint density at radius 2 is 2.04 bits per heavy atom. The monoisotopic (exact) mass is 312 g/mol. The molecule has 0 unspecified atom stereocenters. The predicted molar refractivity (Wildman–Crippen MR) is 86.0 cm³/mol. The first-order valence-corrected chi connectivity index (χ1v) is 7.88. The Bertz CT molecular complexity index is 709. The van der Waals surface area contributed by atoms with Crippen molar-refractivity contribution in [2.45, 2.75) is 26.4 Å². The van der Waals surface area contributed by atoms with Crippen LogP contribution in [0, 0.1) is 0 Å². The van der Waals surface area contributed by atoms with Crippen LogP contribution < -0.4 is 5.32 Å². The van der Waals surface area contributed by atoms with Crippen LogP contribution in [0.3, 0.4) is 0 Å². The molecule has 1 aliphatic rings. The van der Waals surface area contributed by atoms with Crippen molar-refractivity contribution >= 4 is 11.8 Å². The number of amides is 2. The SMILES string of the molecule is CCNC(=O)c1cc2n(n1)CCCN(Cc1ccccc1)C2=O. The molecule has 3 rings (SSSR count). The van der Waals surface area contributed by atoms with Crippen LogP contribution in [0.1, 0.15) is 39.9 Å². The van der Waals surface area contributed by atoms with Crippen LogP contribution in [0.25, 0.3) is 0 Å². The second kappa shape index (κ2) is 6.64. The molecule has 0 bridgehead atoms. The Hall–Kier alpha value is -2.63. The molecule has 0 saturated heterocycles. The number of carbonyl (C=O) groups is 2. The summed E-state index contributed by atoms with van der Waals surface area (Å²) in [6.45, 7) is 4.29. The van der Waals surface area contributed by atoms with E-state index in [0.717, 1.165) is 12.0 Å². The van der Waals surface area contributed by atoms with Crippen molar-refractivity contribution in [1.29, 1.82) is 0 Å². The molecule has 120 valence electrons. The van der Waals surface area contributed by atoms with E-state index in [9.17, 15) is 9.59 Å². The molecular formula is C17H20N4O2. The molecule has 0 fully saturated rings. The van der Waals surface area contributed by atoms with Crippen LogP contribution in [0.2, 0.25) is 0 Å². The van der Waals surface area contributed by atoms with E-state index in [1.165, 1.54) is 0 Å². The van der Waals surface area contributed by atoms with Crippen molar-refractivity contribution in [2.24, 2.45) is 0 Å². The minimum Gasteiger partial charge on any atom is -0.351 e. The molecule has 0 aliphatic carbocycles. The molecule has 23 heavy (non-hydrogen) atoms. The van der Waals surface area contributed by atoms with Gasteiger partial charge >= 0.3 is 0 Å². The number of rotatable bonds is 4. The molecule has 0 spiro atoms. The third-order valence-electron chi connectivity index (χ3n) is 3.87. The molecule has 0 saturated carbocycles. The highest BCUT2D eigenvalue weighted by atomic mass is 16.2. The van der Waals surface area contributed by atoms with E-state index in [1.807, 2.05) is 42.2 Å². The Balaban J connectivity index is 1.83. The van der Waals surface area contributed by atoms with Crippen molar-refractivity contribution in [3.8, 4) is 0 Å². The Kier molecular flexibility index (Phi) is 4.41. The summed E-state index contributed by atoms with van der Waals surface area (Å²) in [7, 11) is 0. The molecular weight excluding hydrogens is 292 g/mol. The highest BCUT2D eigenvalue weighted by Gasteiger charge is 2.26. The first kappa shape index (κ1) is 15.3. The number of hydrogen-bond acceptors (Lipinski definition) is 3. The van der Waals surface area contributed by atoms with Gasteiger partial charge in [0.15, 0.2) is 5.69 Å². The van der Waals surface area contributed by atoms with Gasteiger partial charge in [0.05, 0.1) is 0 Å². The zero-order valence-corrected chi connectivity index (χ0v) is 13.2. The minimum atomic E-state index is -0.240. The number of benzene rings is 1. The van der Waals surface area contributed by atoms with Crippen molar-refractivity contribution in [1.82, 2.24) is 20.0 Å². The maximum Gasteiger partial charge on any atom is 0.272 e. The van der Waals surface area contributed by atoms with Gasteiger partial charge in [-0.3, -0.25) is 14.3 Å². The van der Waals surface area contributed by atoms with Gasteiger partial charge < -0.3 is 10.2 Å². The molecule has 1 aromatic carbocycles. The summed E-state index contributed by atoms with van der Waals surface area (Å²) in [5, 5.41) is 6.99. The summed E-state index contributed by atoms with van der Waals surface area (Å²) in [5.74, 6) is -0.315. The lowest BCUT2D eigenvalue weighted by Gasteiger charge is -2.20. The normalized spacial score (nSPS) is 14.3. The van der Waals surface area contributed by atoms with Gasteiger partial charge in [-0.25, -0.2) is 0 Å². The van der Waals surface area contributed by atoms with E-state index in [0.29, 0.717) is 37.6 Å². The lowest BCUT2D eigenvalue weighted by atomic mass is 10.2. The number of fused-ring (bicyclic) bond motifs is 1. The van der Waals surface area contributed by atoms with E-state index >= 15 is 0 Å². The quantitative estimate of drug-likeness (QED) is 0.934. The van der Waals surface area contributed by atoms with Crippen LogP contribution in [-0.2, 0) is 13.1 Å². The molecule has 1 aromatic heterocycles. The largest absolute Gasteiger partial charge is 0.351 e. The van der Waals surface area contributed by atoms with Crippen LogP contribution >= 0.6 is 0 Å². The molecule has 1 N–H and O–H groups in total. The molecule has 0 atom stereocenters. The standard InChI is InChI=1S/C17H20N4O2/c1-2-18-16(22)14-11-15-17(23)20(9-6-10-21(15)19-14)12-13-7-4-3-5-8-13/h3-5,7-8,11H,2,6,9-10,12H2,1H3,(H,18,22). The molecule has 2 heterocycles. The zero-order chi connectivity index (χ0) is 16.2. The average Bonchev–Trinajstić information content (AvgIpc) is 2.93. The first-order valence-electron chi connectivity index (χ1n) is 7.88. The van der Waals surface area contributed by atoms with E-state index < -0.39 is 0 Å². The fourth-order valence-corrected chi connectivity index (χ4v) is 2.75. The maximum atomic E-state index is 12.8. The number of aromatic nitrogens is 2. The Labute approximate surface area is 135 Å². The highest BCUT2D eigenvalue weighted by Crippen LogP contribution is 2.16. The maximum absolute atomic E-state index is 12.8. The Morgan fingerprint density at radius 1 is 1.26 bits per heavy atom. The van der Waals surface area contributed by atoms with Gasteiger partial charge in [0.1, 0.15) is 5.69 Å². The fraction of sp³-hybridized carbons (Fsp3) is 0.353. The van der Waals surface area contributed by atoms with Gasteiger partial charge in [-0.2, -0.15) is 5.10 Å². The molecule has 6 nitrogen and oxygen atoms in total. The van der Waals surface area contributed by atoms with Gasteiger partial charge in [-0.05, 0) is 18.9 Å². The van der Waals surface area contributed by atoms with E-state index in [4.69, 9.17) is 0 Å². The summed E-state index contributed by atoms with van der Waals surface area (Å²) >= 11 is 0. The highest BCUT2D eigenvalue weighted by molar-refractivity contribution is 5.98. The topological polar surface area (TPSA) is 67.2 Å². The molecule has 0 radical (unpaired) electrons. The van der Waals surface area contributed by atoms with Crippen molar-refractivity contribution in [3.05, 3.63) is 53.3 Å². The van der Waals surface area contributed by atoms with Gasteiger partial charge in [0, 0.05) is 32.2 Å². The second-order valence-electron chi connectivity index (χ2n) is 5.56. The summed E-state index contributed by atoms with van der Waals surface area (Å²) in [6.07, 6.45) is 0.822. The van der Waals surface area contributed by atoms with Crippen LogP contribution in [-0.4, -0.2) is 39.6 Å². The smallest absolute Gasteiger partial charge is 0.272 e. The van der Waals surface area contributed by atoms with Gasteiger partial charge in [0.2, 0.25) is 0 Å². The number of aryl methyl sites for hydroxylation is 1. The Morgan fingerprint density at radius 3 is 2.78 bits per heavy atom. The van der Waals surface area contributed by atoms with Crippen LogP contribution in [0.4, 0.5) is 0 Å².